The number of ether oxygens (including phenoxy) is 3. The summed E-state index contributed by atoms with van der Waals surface area (Å²) < 4.78 is 16.1. The molecule has 1 fully saturated rings. The van der Waals surface area contributed by atoms with Crippen molar-refractivity contribution in [2.45, 2.75) is 31.6 Å². The number of hydrogen-bond donors (Lipinski definition) is 0. The van der Waals surface area contributed by atoms with Crippen molar-refractivity contribution < 1.29 is 19.0 Å². The Kier molecular flexibility index (Phi) is 6.05. The standard InChI is InChI=1S/C17H24O4/c1-19-9-4-10-21-17-11-14(7-8-16(17)20-2)15(12-18)13-5-3-6-13/h7-8,11-13,15H,3-6,9-10H2,1-2H3. The Morgan fingerprint density at radius 2 is 2.05 bits per heavy atom. The molecule has 1 aliphatic rings. The fraction of sp³-hybridized carbons (Fsp3) is 0.588. The van der Waals surface area contributed by atoms with Crippen LogP contribution in [0.25, 0.3) is 0 Å². The minimum Gasteiger partial charge on any atom is -0.493 e. The molecular formula is C17H24O4. The quantitative estimate of drug-likeness (QED) is 0.518. The van der Waals surface area contributed by atoms with Gasteiger partial charge in [-0.15, -0.1) is 0 Å². The van der Waals surface area contributed by atoms with Gasteiger partial charge in [-0.1, -0.05) is 12.5 Å². The van der Waals surface area contributed by atoms with Crippen molar-refractivity contribution in [2.75, 3.05) is 27.4 Å². The molecule has 1 aromatic carbocycles. The molecule has 1 aliphatic carbocycles. The monoisotopic (exact) mass is 292 g/mol. The number of methoxy groups -OCH3 is 2. The Balaban J connectivity index is 2.09. The largest absolute Gasteiger partial charge is 0.493 e. The Morgan fingerprint density at radius 1 is 1.24 bits per heavy atom. The highest BCUT2D eigenvalue weighted by Crippen LogP contribution is 2.40. The molecule has 0 bridgehead atoms. The molecule has 4 nitrogen and oxygen atoms in total. The maximum atomic E-state index is 11.4. The fourth-order valence-corrected chi connectivity index (χ4v) is 2.66. The Bertz CT molecular complexity index is 454. The second kappa shape index (κ2) is 8.03. The topological polar surface area (TPSA) is 44.8 Å². The zero-order chi connectivity index (χ0) is 15.1. The summed E-state index contributed by atoms with van der Waals surface area (Å²) in [6.07, 6.45) is 5.40. The van der Waals surface area contributed by atoms with Crippen LogP contribution in [0.4, 0.5) is 0 Å². The summed E-state index contributed by atoms with van der Waals surface area (Å²) in [6, 6.07) is 5.80. The molecule has 116 valence electrons. The third-order valence-corrected chi connectivity index (χ3v) is 4.13. The summed E-state index contributed by atoms with van der Waals surface area (Å²) in [6.45, 7) is 1.24. The van der Waals surface area contributed by atoms with Crippen molar-refractivity contribution in [3.8, 4) is 11.5 Å². The molecule has 0 amide bonds. The molecule has 4 heteroatoms. The molecule has 0 aromatic heterocycles. The van der Waals surface area contributed by atoms with Crippen LogP contribution in [-0.4, -0.2) is 33.7 Å². The van der Waals surface area contributed by atoms with Gasteiger partial charge in [-0.25, -0.2) is 0 Å². The van der Waals surface area contributed by atoms with Gasteiger partial charge in [-0.2, -0.15) is 0 Å². The first-order valence-electron chi connectivity index (χ1n) is 7.55. The average molecular weight is 292 g/mol. The van der Waals surface area contributed by atoms with E-state index in [0.717, 1.165) is 31.1 Å². The molecule has 0 heterocycles. The SMILES string of the molecule is COCCCOc1cc(C(C=O)C2CCC2)ccc1OC. The van der Waals surface area contributed by atoms with E-state index in [1.807, 2.05) is 18.2 Å². The van der Waals surface area contributed by atoms with Gasteiger partial charge in [0.1, 0.15) is 6.29 Å². The number of carbonyl (C=O) groups excluding carboxylic acids is 1. The molecule has 0 aliphatic heterocycles. The van der Waals surface area contributed by atoms with Crippen molar-refractivity contribution in [1.82, 2.24) is 0 Å². The molecular weight excluding hydrogens is 268 g/mol. The highest BCUT2D eigenvalue weighted by molar-refractivity contribution is 5.64. The zero-order valence-electron chi connectivity index (χ0n) is 12.8. The van der Waals surface area contributed by atoms with Gasteiger partial charge in [0.05, 0.1) is 13.7 Å². The molecule has 2 rings (SSSR count). The maximum absolute atomic E-state index is 11.4. The third-order valence-electron chi connectivity index (χ3n) is 4.13. The first-order chi connectivity index (χ1) is 10.3. The van der Waals surface area contributed by atoms with E-state index in [1.165, 1.54) is 6.42 Å². The van der Waals surface area contributed by atoms with E-state index >= 15 is 0 Å². The zero-order valence-corrected chi connectivity index (χ0v) is 12.8. The van der Waals surface area contributed by atoms with Crippen LogP contribution < -0.4 is 9.47 Å². The van der Waals surface area contributed by atoms with Crippen molar-refractivity contribution >= 4 is 6.29 Å². The molecule has 1 aromatic rings. The first-order valence-corrected chi connectivity index (χ1v) is 7.55. The predicted octanol–water partition coefficient (Wildman–Crippen LogP) is 3.19. The van der Waals surface area contributed by atoms with Gasteiger partial charge in [-0.05, 0) is 36.5 Å². The minimum atomic E-state index is -0.0222. The van der Waals surface area contributed by atoms with Crippen molar-refractivity contribution in [2.24, 2.45) is 5.92 Å². The Morgan fingerprint density at radius 3 is 2.62 bits per heavy atom. The molecule has 0 spiro atoms. The second-order valence-corrected chi connectivity index (χ2v) is 5.46. The highest BCUT2D eigenvalue weighted by Gasteiger charge is 2.28. The number of rotatable bonds is 9. The lowest BCUT2D eigenvalue weighted by Gasteiger charge is -2.31. The third kappa shape index (κ3) is 3.97. The smallest absolute Gasteiger partial charge is 0.161 e. The highest BCUT2D eigenvalue weighted by atomic mass is 16.5. The van der Waals surface area contributed by atoms with E-state index in [-0.39, 0.29) is 5.92 Å². The molecule has 0 N–H and O–H groups in total. The van der Waals surface area contributed by atoms with Crippen LogP contribution in [0.3, 0.4) is 0 Å². The molecule has 1 atom stereocenters. The summed E-state index contributed by atoms with van der Waals surface area (Å²) in [4.78, 5) is 11.4. The number of carbonyl (C=O) groups is 1. The number of benzene rings is 1. The second-order valence-electron chi connectivity index (χ2n) is 5.46. The summed E-state index contributed by atoms with van der Waals surface area (Å²) in [5, 5.41) is 0. The van der Waals surface area contributed by atoms with Crippen LogP contribution in [0.5, 0.6) is 11.5 Å². The Labute approximate surface area is 126 Å². The average Bonchev–Trinajstić information content (AvgIpc) is 2.47. The van der Waals surface area contributed by atoms with Crippen LogP contribution in [0, 0.1) is 5.92 Å². The van der Waals surface area contributed by atoms with Gasteiger partial charge in [-0.3, -0.25) is 0 Å². The molecule has 0 saturated heterocycles. The van der Waals surface area contributed by atoms with Crippen LogP contribution in [-0.2, 0) is 9.53 Å². The normalized spacial score (nSPS) is 16.1. The summed E-state index contributed by atoms with van der Waals surface area (Å²) in [5.74, 6) is 1.87. The van der Waals surface area contributed by atoms with Gasteiger partial charge in [0, 0.05) is 26.1 Å². The molecule has 1 saturated carbocycles. The number of aldehydes is 1. The Hall–Kier alpha value is -1.55. The van der Waals surface area contributed by atoms with Crippen LogP contribution in [0.1, 0.15) is 37.2 Å². The van der Waals surface area contributed by atoms with Gasteiger partial charge in [0.25, 0.3) is 0 Å². The minimum absolute atomic E-state index is 0.0222. The van der Waals surface area contributed by atoms with Gasteiger partial charge < -0.3 is 19.0 Å². The van der Waals surface area contributed by atoms with E-state index in [4.69, 9.17) is 14.2 Å². The molecule has 21 heavy (non-hydrogen) atoms. The van der Waals surface area contributed by atoms with Crippen LogP contribution in [0.2, 0.25) is 0 Å². The summed E-state index contributed by atoms with van der Waals surface area (Å²) >= 11 is 0. The fourth-order valence-electron chi connectivity index (χ4n) is 2.66. The first kappa shape index (κ1) is 15.8. The van der Waals surface area contributed by atoms with Crippen LogP contribution in [0.15, 0.2) is 18.2 Å². The van der Waals surface area contributed by atoms with Crippen molar-refractivity contribution in [1.29, 1.82) is 0 Å². The lowest BCUT2D eigenvalue weighted by atomic mass is 9.73. The summed E-state index contributed by atoms with van der Waals surface area (Å²) in [7, 11) is 3.30. The van der Waals surface area contributed by atoms with Gasteiger partial charge in [0.15, 0.2) is 11.5 Å². The molecule has 0 radical (unpaired) electrons. The lowest BCUT2D eigenvalue weighted by Crippen LogP contribution is -2.21. The van der Waals surface area contributed by atoms with Gasteiger partial charge in [0.2, 0.25) is 0 Å². The van der Waals surface area contributed by atoms with E-state index in [2.05, 4.69) is 0 Å². The van der Waals surface area contributed by atoms with E-state index in [9.17, 15) is 4.79 Å². The van der Waals surface area contributed by atoms with E-state index in [1.54, 1.807) is 14.2 Å². The van der Waals surface area contributed by atoms with Gasteiger partial charge >= 0.3 is 0 Å². The van der Waals surface area contributed by atoms with E-state index < -0.39 is 0 Å². The number of hydrogen-bond acceptors (Lipinski definition) is 4. The summed E-state index contributed by atoms with van der Waals surface area (Å²) in [5.41, 5.74) is 1.03. The van der Waals surface area contributed by atoms with Crippen molar-refractivity contribution in [3.05, 3.63) is 23.8 Å². The van der Waals surface area contributed by atoms with Crippen LogP contribution >= 0.6 is 0 Å². The van der Waals surface area contributed by atoms with E-state index in [0.29, 0.717) is 30.6 Å². The van der Waals surface area contributed by atoms with Crippen molar-refractivity contribution in [3.63, 3.8) is 0 Å². The lowest BCUT2D eigenvalue weighted by molar-refractivity contribution is -0.110. The molecule has 1 unspecified atom stereocenters. The predicted molar refractivity (Wildman–Crippen MR) is 81.1 cm³/mol. The maximum Gasteiger partial charge on any atom is 0.161 e.